The fourth-order valence-electron chi connectivity index (χ4n) is 5.34. The minimum absolute atomic E-state index is 0.135. The third-order valence-corrected chi connectivity index (χ3v) is 10.6. The number of nitro benzene ring substituents is 1. The van der Waals surface area contributed by atoms with Crippen molar-refractivity contribution in [3.63, 3.8) is 0 Å². The average molecular weight is 884 g/mol. The van der Waals surface area contributed by atoms with E-state index in [1.54, 1.807) is 18.2 Å². The predicted octanol–water partition coefficient (Wildman–Crippen LogP) is 5.67. The van der Waals surface area contributed by atoms with Crippen LogP contribution in [0.1, 0.15) is 0 Å². The number of non-ortho nitro benzene ring substituents is 1. The van der Waals surface area contributed by atoms with Crippen LogP contribution in [0.25, 0.3) is 10.8 Å². The lowest BCUT2D eigenvalue weighted by Crippen LogP contribution is -2.32. The van der Waals surface area contributed by atoms with E-state index in [0.717, 1.165) is 41.4 Å². The monoisotopic (exact) mass is 883 g/mol. The number of carboxylic acid groups (broad SMARTS) is 1. The number of para-hydroxylation sites is 1. The highest BCUT2D eigenvalue weighted by atomic mass is 32.2. The number of anilines is 1. The van der Waals surface area contributed by atoms with Crippen molar-refractivity contribution < 1.29 is 68.7 Å². The number of rotatable bonds is 12. The Morgan fingerprint density at radius 3 is 1.75 bits per heavy atom. The second-order valence-electron chi connectivity index (χ2n) is 11.9. The number of phenols is 2. The van der Waals surface area contributed by atoms with E-state index in [0.29, 0.717) is 18.2 Å². The van der Waals surface area contributed by atoms with Gasteiger partial charge in [0.2, 0.25) is 6.04 Å². The van der Waals surface area contributed by atoms with Gasteiger partial charge in [0.15, 0.2) is 17.2 Å². The van der Waals surface area contributed by atoms with Crippen LogP contribution in [-0.4, -0.2) is 82.8 Å². The molecule has 1 atom stereocenters. The highest BCUT2D eigenvalue weighted by molar-refractivity contribution is 7.86. The van der Waals surface area contributed by atoms with Gasteiger partial charge in [0.25, 0.3) is 41.9 Å². The lowest BCUT2D eigenvalue weighted by molar-refractivity contribution is -0.384. The van der Waals surface area contributed by atoms with E-state index in [2.05, 4.69) is 35.8 Å². The van der Waals surface area contributed by atoms with E-state index in [-0.39, 0.29) is 17.1 Å². The van der Waals surface area contributed by atoms with Gasteiger partial charge in [0.1, 0.15) is 31.7 Å². The summed E-state index contributed by atoms with van der Waals surface area (Å²) in [5, 5.41) is 67.8. The largest absolute Gasteiger partial charge is 0.505 e. The molecule has 1 aliphatic rings. The molecule has 0 saturated heterocycles. The molecule has 0 bridgehead atoms. The van der Waals surface area contributed by atoms with Crippen LogP contribution in [-0.2, 0) is 39.9 Å². The third-order valence-electron chi connectivity index (χ3n) is 8.03. The molecule has 1 unspecified atom stereocenters. The molecule has 25 nitrogen and oxygen atoms in total. The van der Waals surface area contributed by atoms with Crippen LogP contribution in [0.15, 0.2) is 135 Å². The van der Waals surface area contributed by atoms with Crippen LogP contribution >= 0.6 is 0 Å². The van der Waals surface area contributed by atoms with Gasteiger partial charge in [-0.3, -0.25) is 28.6 Å². The van der Waals surface area contributed by atoms with Crippen LogP contribution < -0.4 is 5.01 Å². The number of benzene rings is 5. The highest BCUT2D eigenvalue weighted by Gasteiger charge is 2.41. The quantitative estimate of drug-likeness (QED) is 0.0380. The minimum atomic E-state index is -5.45. The normalized spacial score (nSPS) is 15.1. The summed E-state index contributed by atoms with van der Waals surface area (Å²) in [5.74, 6) is -5.20. The fraction of sp³-hybridized carbons (Fsp3) is 0.0312. The Kier molecular flexibility index (Phi) is 11.0. The number of carbonyl (C=O) groups excluding carboxylic acids is 1. The van der Waals surface area contributed by atoms with Crippen LogP contribution in [0.4, 0.5) is 39.8 Å². The van der Waals surface area contributed by atoms with Gasteiger partial charge in [-0.25, -0.2) is 4.79 Å². The molecule has 6 N–H and O–H groups in total. The van der Waals surface area contributed by atoms with Crippen molar-refractivity contribution in [2.45, 2.75) is 20.7 Å². The molecule has 60 heavy (non-hydrogen) atoms. The Hall–Kier alpha value is -7.50. The van der Waals surface area contributed by atoms with E-state index in [1.165, 1.54) is 12.1 Å². The number of amides is 1. The van der Waals surface area contributed by atoms with Crippen molar-refractivity contribution in [1.29, 1.82) is 0 Å². The number of hydrogen-bond donors (Lipinski definition) is 6. The van der Waals surface area contributed by atoms with Crippen LogP contribution in [0.2, 0.25) is 0 Å². The second kappa shape index (κ2) is 15.7. The van der Waals surface area contributed by atoms with E-state index in [1.807, 2.05) is 0 Å². The van der Waals surface area contributed by atoms with Gasteiger partial charge in [-0.1, -0.05) is 18.2 Å². The molecule has 0 aromatic heterocycles. The molecule has 0 radical (unpaired) electrons. The lowest BCUT2D eigenvalue weighted by atomic mass is 10.1. The van der Waals surface area contributed by atoms with E-state index in [4.69, 9.17) is 0 Å². The SMILES string of the molecule is O=C(O)C1=NN(c2ccccc2)C(=O)C1N=Nc1ccc(N=Nc2c(S(=O)(=O)O)cc3cc(S(=O)(=O)O)c(N=Nc4ccc([N+](=O)[O-])cc4)c(O)c3c2O)c(S(=O)(=O)O)c1. The molecule has 1 amide bonds. The molecule has 1 aliphatic heterocycles. The number of carboxylic acids is 1. The first-order valence-electron chi connectivity index (χ1n) is 15.9. The van der Waals surface area contributed by atoms with Gasteiger partial charge < -0.3 is 15.3 Å². The van der Waals surface area contributed by atoms with E-state index < -0.39 is 119 Å². The van der Waals surface area contributed by atoms with Crippen molar-refractivity contribution in [1.82, 2.24) is 0 Å². The Balaban J connectivity index is 1.43. The zero-order valence-electron chi connectivity index (χ0n) is 29.2. The number of nitro groups is 1. The average Bonchev–Trinajstić information content (AvgIpc) is 3.51. The summed E-state index contributed by atoms with van der Waals surface area (Å²) in [5.41, 5.74) is -4.49. The molecule has 1 heterocycles. The zero-order valence-corrected chi connectivity index (χ0v) is 31.6. The van der Waals surface area contributed by atoms with Crippen molar-refractivity contribution in [2.24, 2.45) is 35.8 Å². The standard InChI is InChI=1S/C32H21N9O16S3/c42-29-24-15(12-22(59(52,53)54)25(29)36-33-16-6-9-19(10-7-16)41(47)48)13-23(60(55,56)57)26(30(24)43)37-35-20-11-8-17(14-21(20)58(49,50)51)34-38-27-28(32(45)46)39-40(31(27)44)18-4-2-1-3-5-18/h1-14,27,42-43H,(H,45,46)(H,49,50,51)(H,52,53,54)(H,55,56,57). The Morgan fingerprint density at radius 1 is 0.700 bits per heavy atom. The molecule has 0 fully saturated rings. The summed E-state index contributed by atoms with van der Waals surface area (Å²) >= 11 is 0. The second-order valence-corrected chi connectivity index (χ2v) is 16.1. The number of hydrazone groups is 1. The van der Waals surface area contributed by atoms with E-state index in [9.17, 15) is 73.9 Å². The molecule has 28 heteroatoms. The maximum absolute atomic E-state index is 13.0. The first-order valence-corrected chi connectivity index (χ1v) is 20.2. The van der Waals surface area contributed by atoms with Gasteiger partial charge in [-0.2, -0.15) is 50.7 Å². The van der Waals surface area contributed by atoms with Crippen LogP contribution in [0.3, 0.4) is 0 Å². The zero-order chi connectivity index (χ0) is 43.9. The van der Waals surface area contributed by atoms with Crippen molar-refractivity contribution in [2.75, 3.05) is 5.01 Å². The van der Waals surface area contributed by atoms with Gasteiger partial charge >= 0.3 is 5.97 Å². The smallest absolute Gasteiger partial charge is 0.355 e. The lowest BCUT2D eigenvalue weighted by Gasteiger charge is -2.13. The molecule has 6 rings (SSSR count). The fourth-order valence-corrected chi connectivity index (χ4v) is 7.30. The number of azo groups is 3. The maximum Gasteiger partial charge on any atom is 0.355 e. The number of fused-ring (bicyclic) bond motifs is 1. The Bertz CT molecular complexity index is 3120. The first-order chi connectivity index (χ1) is 28.1. The summed E-state index contributed by atoms with van der Waals surface area (Å²) < 4.78 is 104. The molecule has 0 saturated carbocycles. The molecular formula is C32H21N9O16S3. The Labute approximate surface area is 334 Å². The Morgan fingerprint density at radius 2 is 1.23 bits per heavy atom. The number of hydrogen-bond acceptors (Lipinski definition) is 19. The minimum Gasteiger partial charge on any atom is -0.505 e. The number of aliphatic carboxylic acids is 1. The molecule has 0 spiro atoms. The summed E-state index contributed by atoms with van der Waals surface area (Å²) in [6.07, 6.45) is 0. The number of carbonyl (C=O) groups is 2. The van der Waals surface area contributed by atoms with Gasteiger partial charge in [-0.15, -0.1) is 15.3 Å². The predicted molar refractivity (Wildman–Crippen MR) is 202 cm³/mol. The summed E-state index contributed by atoms with van der Waals surface area (Å²) in [6.45, 7) is 0. The summed E-state index contributed by atoms with van der Waals surface area (Å²) in [4.78, 5) is 31.5. The van der Waals surface area contributed by atoms with Crippen molar-refractivity contribution in [3.8, 4) is 11.5 Å². The number of phenolic OH excluding ortho intramolecular Hbond substituents is 2. The number of aromatic hydroxyl groups is 2. The van der Waals surface area contributed by atoms with E-state index >= 15 is 0 Å². The topological polar surface area (TPSA) is 391 Å². The molecule has 308 valence electrons. The molecular weight excluding hydrogens is 863 g/mol. The molecule has 5 aromatic rings. The third kappa shape index (κ3) is 8.52. The van der Waals surface area contributed by atoms with Crippen LogP contribution in [0.5, 0.6) is 11.5 Å². The highest BCUT2D eigenvalue weighted by Crippen LogP contribution is 2.50. The number of nitrogens with zero attached hydrogens (tertiary/aromatic N) is 9. The first kappa shape index (κ1) is 42.1. The van der Waals surface area contributed by atoms with Gasteiger partial charge in [0, 0.05) is 12.1 Å². The van der Waals surface area contributed by atoms with Crippen molar-refractivity contribution >= 4 is 98.5 Å². The van der Waals surface area contributed by atoms with Gasteiger partial charge in [-0.05, 0) is 60.0 Å². The van der Waals surface area contributed by atoms with Gasteiger partial charge in [0.05, 0.1) is 27.4 Å². The summed E-state index contributed by atoms with van der Waals surface area (Å²) in [6, 6.07) is 13.5. The molecule has 0 aliphatic carbocycles. The molecule has 5 aromatic carbocycles. The maximum atomic E-state index is 13.0. The van der Waals surface area contributed by atoms with Crippen molar-refractivity contribution in [3.05, 3.63) is 95.0 Å². The summed E-state index contributed by atoms with van der Waals surface area (Å²) in [7, 11) is -16.1. The van der Waals surface area contributed by atoms with Crippen LogP contribution in [0, 0.1) is 10.1 Å².